The minimum Gasteiger partial charge on any atom is -0.466 e. The van der Waals surface area contributed by atoms with Gasteiger partial charge in [-0.1, -0.05) is 60.3 Å². The molecule has 0 saturated carbocycles. The third kappa shape index (κ3) is 9.11. The molecule has 1 aliphatic carbocycles. The van der Waals surface area contributed by atoms with E-state index in [-0.39, 0.29) is 30.1 Å². The van der Waals surface area contributed by atoms with Crippen molar-refractivity contribution in [2.24, 2.45) is 0 Å². The van der Waals surface area contributed by atoms with Gasteiger partial charge in [-0.05, 0) is 79.1 Å². The number of carbonyl (C=O) groups is 3. The summed E-state index contributed by atoms with van der Waals surface area (Å²) in [6, 6.07) is 11.3. The lowest BCUT2D eigenvalue weighted by Gasteiger charge is -2.14. The van der Waals surface area contributed by atoms with E-state index in [9.17, 15) is 14.4 Å². The Morgan fingerprint density at radius 3 is 2.44 bits per heavy atom. The molecule has 0 heterocycles. The highest BCUT2D eigenvalue weighted by atomic mass is 35.5. The fourth-order valence-corrected chi connectivity index (χ4v) is 5.03. The van der Waals surface area contributed by atoms with E-state index in [1.54, 1.807) is 31.2 Å². The van der Waals surface area contributed by atoms with Crippen LogP contribution in [0.15, 0.2) is 42.5 Å². The maximum Gasteiger partial charge on any atom is 0.305 e. The number of ketones is 1. The second-order valence-electron chi connectivity index (χ2n) is 9.09. The predicted molar refractivity (Wildman–Crippen MR) is 144 cm³/mol. The first-order chi connectivity index (χ1) is 17.3. The van der Waals surface area contributed by atoms with Crippen molar-refractivity contribution in [1.29, 1.82) is 0 Å². The Kier molecular flexibility index (Phi) is 11.0. The molecule has 3 rings (SSSR count). The average molecular weight is 530 g/mol. The van der Waals surface area contributed by atoms with Gasteiger partial charge in [0.1, 0.15) is 0 Å². The summed E-state index contributed by atoms with van der Waals surface area (Å²) in [5.74, 6) is -0.114. The normalized spacial score (nSPS) is 14.6. The zero-order chi connectivity index (χ0) is 25.9. The van der Waals surface area contributed by atoms with E-state index in [4.69, 9.17) is 27.9 Å². The van der Waals surface area contributed by atoms with Crippen LogP contribution in [0, 0.1) is 0 Å². The van der Waals surface area contributed by atoms with Crippen molar-refractivity contribution in [2.45, 2.75) is 70.8 Å². The van der Waals surface area contributed by atoms with Crippen molar-refractivity contribution in [3.05, 3.63) is 74.8 Å². The largest absolute Gasteiger partial charge is 0.466 e. The molecule has 36 heavy (non-hydrogen) atoms. The van der Waals surface area contributed by atoms with Crippen LogP contribution in [-0.4, -0.2) is 24.3 Å². The van der Waals surface area contributed by atoms with Crippen LogP contribution in [0.2, 0.25) is 10.0 Å². The van der Waals surface area contributed by atoms with Crippen molar-refractivity contribution in [2.75, 3.05) is 6.61 Å². The quantitative estimate of drug-likeness (QED) is 0.175. The smallest absolute Gasteiger partial charge is 0.305 e. The van der Waals surface area contributed by atoms with Gasteiger partial charge < -0.3 is 10.1 Å². The lowest BCUT2D eigenvalue weighted by atomic mass is 10.0. The molecule has 0 aromatic heterocycles. The van der Waals surface area contributed by atoms with Gasteiger partial charge in [0.05, 0.1) is 12.6 Å². The number of fused-ring (bicyclic) bond motifs is 1. The molecule has 5 nitrogen and oxygen atoms in total. The number of aryl methyl sites for hydroxylation is 1. The first-order valence-electron chi connectivity index (χ1n) is 12.6. The lowest BCUT2D eigenvalue weighted by Crippen LogP contribution is -2.26. The van der Waals surface area contributed by atoms with Crippen LogP contribution >= 0.6 is 23.2 Å². The number of ether oxygens (including phenoxy) is 1. The molecule has 0 radical (unpaired) electrons. The van der Waals surface area contributed by atoms with Gasteiger partial charge in [0.2, 0.25) is 5.91 Å². The van der Waals surface area contributed by atoms with Crippen molar-refractivity contribution >= 4 is 46.9 Å². The third-order valence-corrected chi connectivity index (χ3v) is 6.62. The van der Waals surface area contributed by atoms with Gasteiger partial charge in [0.25, 0.3) is 0 Å². The van der Waals surface area contributed by atoms with Crippen LogP contribution in [0.3, 0.4) is 0 Å². The molecule has 192 valence electrons. The molecule has 1 atom stereocenters. The van der Waals surface area contributed by atoms with Crippen molar-refractivity contribution in [1.82, 2.24) is 5.32 Å². The Bertz CT molecular complexity index is 1090. The summed E-state index contributed by atoms with van der Waals surface area (Å²) in [5, 5.41) is 4.19. The lowest BCUT2D eigenvalue weighted by molar-refractivity contribution is -0.143. The number of unbranched alkanes of at least 4 members (excludes halogenated alkanes) is 3. The summed E-state index contributed by atoms with van der Waals surface area (Å²) >= 11 is 12.0. The number of halogens is 2. The molecule has 1 N–H and O–H groups in total. The minimum absolute atomic E-state index is 0.0279. The van der Waals surface area contributed by atoms with E-state index in [1.165, 1.54) is 5.56 Å². The fourth-order valence-electron chi connectivity index (χ4n) is 4.46. The molecule has 0 fully saturated rings. The summed E-state index contributed by atoms with van der Waals surface area (Å²) in [4.78, 5) is 36.1. The number of rotatable bonds is 13. The number of allylic oxidation sites excluding steroid dienone is 1. The van der Waals surface area contributed by atoms with Gasteiger partial charge in [-0.3, -0.25) is 14.4 Å². The standard InChI is InChI=1S/C29H33Cl2NO4/c1-2-36-29(35)8-6-4-3-5-7-28(34)32-27-14-11-22-15-20(10-13-26(22)27)9-12-25(33)18-21-16-23(30)19-24(31)17-21/h9-10,12-13,15-17,19,27H,2-8,11,14,18H2,1H3,(H,32,34)/b12-9+. The Labute approximate surface area is 223 Å². The zero-order valence-electron chi connectivity index (χ0n) is 20.7. The second-order valence-corrected chi connectivity index (χ2v) is 9.96. The van der Waals surface area contributed by atoms with Crippen LogP contribution in [0.5, 0.6) is 0 Å². The predicted octanol–water partition coefficient (Wildman–Crippen LogP) is 6.83. The van der Waals surface area contributed by atoms with Gasteiger partial charge in [0, 0.05) is 29.3 Å². The van der Waals surface area contributed by atoms with Crippen LogP contribution in [-0.2, 0) is 32.0 Å². The molecule has 2 aromatic rings. The third-order valence-electron chi connectivity index (χ3n) is 6.18. The minimum atomic E-state index is -0.150. The topological polar surface area (TPSA) is 72.5 Å². The molecule has 1 amide bonds. The number of benzene rings is 2. The summed E-state index contributed by atoms with van der Waals surface area (Å²) < 4.78 is 4.92. The van der Waals surface area contributed by atoms with Gasteiger partial charge in [-0.15, -0.1) is 0 Å². The highest BCUT2D eigenvalue weighted by molar-refractivity contribution is 6.34. The Morgan fingerprint density at radius 1 is 1.00 bits per heavy atom. The molecular formula is C29H33Cl2NO4. The van der Waals surface area contributed by atoms with E-state index < -0.39 is 0 Å². The molecule has 0 aliphatic heterocycles. The molecule has 1 unspecified atom stereocenters. The summed E-state index contributed by atoms with van der Waals surface area (Å²) in [5.41, 5.74) is 4.10. The van der Waals surface area contributed by atoms with E-state index >= 15 is 0 Å². The van der Waals surface area contributed by atoms with Gasteiger partial charge in [0.15, 0.2) is 5.78 Å². The second kappa shape index (κ2) is 14.2. The van der Waals surface area contributed by atoms with Crippen LogP contribution in [0.1, 0.15) is 80.2 Å². The van der Waals surface area contributed by atoms with Crippen LogP contribution in [0.25, 0.3) is 6.08 Å². The molecule has 7 heteroatoms. The van der Waals surface area contributed by atoms with Gasteiger partial charge >= 0.3 is 5.97 Å². The van der Waals surface area contributed by atoms with Crippen LogP contribution in [0.4, 0.5) is 0 Å². The molecule has 1 aliphatic rings. The fraction of sp³-hybridized carbons (Fsp3) is 0.414. The van der Waals surface area contributed by atoms with Crippen molar-refractivity contribution in [3.8, 4) is 0 Å². The highest BCUT2D eigenvalue weighted by Crippen LogP contribution is 2.32. The van der Waals surface area contributed by atoms with E-state index in [1.807, 2.05) is 18.2 Å². The van der Waals surface area contributed by atoms with Crippen LogP contribution < -0.4 is 5.32 Å². The zero-order valence-corrected chi connectivity index (χ0v) is 22.2. The Balaban J connectivity index is 1.42. The van der Waals surface area contributed by atoms with Gasteiger partial charge in [-0.25, -0.2) is 0 Å². The number of esters is 1. The first-order valence-corrected chi connectivity index (χ1v) is 13.3. The van der Waals surface area contributed by atoms with Gasteiger partial charge in [-0.2, -0.15) is 0 Å². The Morgan fingerprint density at radius 2 is 1.72 bits per heavy atom. The molecular weight excluding hydrogens is 497 g/mol. The van der Waals surface area contributed by atoms with Crippen molar-refractivity contribution in [3.63, 3.8) is 0 Å². The highest BCUT2D eigenvalue weighted by Gasteiger charge is 2.23. The molecule has 0 spiro atoms. The first kappa shape index (κ1) is 27.9. The summed E-state index contributed by atoms with van der Waals surface area (Å²) in [6.07, 6.45) is 9.80. The molecule has 0 saturated heterocycles. The average Bonchev–Trinajstić information content (AvgIpc) is 3.21. The SMILES string of the molecule is CCOC(=O)CCCCCCC(=O)NC1CCc2cc(/C=C/C(=O)Cc3cc(Cl)cc(Cl)c3)ccc21. The number of hydrogen-bond acceptors (Lipinski definition) is 4. The number of amides is 1. The summed E-state index contributed by atoms with van der Waals surface area (Å²) in [6.45, 7) is 2.22. The maximum absolute atomic E-state index is 12.4. The monoisotopic (exact) mass is 529 g/mol. The number of carbonyl (C=O) groups excluding carboxylic acids is 3. The summed E-state index contributed by atoms with van der Waals surface area (Å²) in [7, 11) is 0. The van der Waals surface area contributed by atoms with Crippen molar-refractivity contribution < 1.29 is 19.1 Å². The number of hydrogen-bond donors (Lipinski definition) is 1. The number of nitrogens with one attached hydrogen (secondary N) is 1. The maximum atomic E-state index is 12.4. The van der Waals surface area contributed by atoms with E-state index in [0.717, 1.165) is 55.2 Å². The Hall–Kier alpha value is -2.63. The molecule has 2 aromatic carbocycles. The van der Waals surface area contributed by atoms with E-state index in [0.29, 0.717) is 29.5 Å². The van der Waals surface area contributed by atoms with E-state index in [2.05, 4.69) is 11.4 Å². The molecule has 0 bridgehead atoms.